The zero-order valence-corrected chi connectivity index (χ0v) is 14.3. The number of aromatic amines is 1. The third kappa shape index (κ3) is 3.90. The minimum absolute atomic E-state index is 0. The summed E-state index contributed by atoms with van der Waals surface area (Å²) in [5.41, 5.74) is 2.27. The van der Waals surface area contributed by atoms with Crippen LogP contribution in [0.1, 0.15) is 12.7 Å². The Morgan fingerprint density at radius 3 is 2.87 bits per heavy atom. The number of nitrogens with zero attached hydrogens (tertiary/aromatic N) is 3. The van der Waals surface area contributed by atoms with E-state index in [2.05, 4.69) is 32.6 Å². The predicted molar refractivity (Wildman–Crippen MR) is 91.8 cm³/mol. The SMILES string of the molecule is CNC(C)Cc1noc(-c2cc(-c3ccccc3Cl)n[nH]2)n1.Cl. The van der Waals surface area contributed by atoms with Gasteiger partial charge < -0.3 is 9.84 Å². The number of likely N-dealkylation sites (N-methyl/N-ethyl adjacent to an activating group) is 1. The molecule has 0 aliphatic carbocycles. The maximum absolute atomic E-state index is 6.18. The molecule has 122 valence electrons. The molecule has 0 aliphatic rings. The van der Waals surface area contributed by atoms with Gasteiger partial charge in [0.2, 0.25) is 0 Å². The predicted octanol–water partition coefficient (Wildman–Crippen LogP) is 3.35. The molecule has 1 aromatic carbocycles. The fourth-order valence-corrected chi connectivity index (χ4v) is 2.29. The Bertz CT molecular complexity index is 771. The monoisotopic (exact) mass is 353 g/mol. The van der Waals surface area contributed by atoms with Crippen molar-refractivity contribution in [3.05, 3.63) is 41.2 Å². The average Bonchev–Trinajstić information content (AvgIpc) is 3.16. The molecule has 8 heteroatoms. The average molecular weight is 354 g/mol. The molecule has 0 bridgehead atoms. The molecule has 0 amide bonds. The summed E-state index contributed by atoms with van der Waals surface area (Å²) in [6, 6.07) is 9.67. The van der Waals surface area contributed by atoms with Gasteiger partial charge in [-0.25, -0.2) is 0 Å². The normalized spacial score (nSPS) is 12.0. The summed E-state index contributed by atoms with van der Waals surface area (Å²) < 4.78 is 5.28. The fourth-order valence-electron chi connectivity index (χ4n) is 2.06. The van der Waals surface area contributed by atoms with E-state index in [1.54, 1.807) is 0 Å². The summed E-state index contributed by atoms with van der Waals surface area (Å²) in [5.74, 6) is 1.08. The van der Waals surface area contributed by atoms with Gasteiger partial charge in [0, 0.05) is 18.0 Å². The van der Waals surface area contributed by atoms with E-state index in [1.165, 1.54) is 0 Å². The largest absolute Gasteiger partial charge is 0.332 e. The lowest BCUT2D eigenvalue weighted by molar-refractivity contribution is 0.417. The molecular formula is C15H17Cl2N5O. The van der Waals surface area contributed by atoms with Gasteiger partial charge in [0.05, 0.1) is 10.7 Å². The third-order valence-corrected chi connectivity index (χ3v) is 3.74. The Hall–Kier alpha value is -1.89. The van der Waals surface area contributed by atoms with Crippen LogP contribution in [-0.2, 0) is 6.42 Å². The lowest BCUT2D eigenvalue weighted by Gasteiger charge is -2.04. The van der Waals surface area contributed by atoms with Crippen molar-refractivity contribution < 1.29 is 4.52 Å². The Morgan fingerprint density at radius 1 is 1.35 bits per heavy atom. The Balaban J connectivity index is 0.00000192. The molecule has 0 fully saturated rings. The molecule has 3 rings (SSSR count). The summed E-state index contributed by atoms with van der Waals surface area (Å²) in [4.78, 5) is 4.38. The van der Waals surface area contributed by atoms with Crippen LogP contribution in [0, 0.1) is 0 Å². The quantitative estimate of drug-likeness (QED) is 0.735. The summed E-state index contributed by atoms with van der Waals surface area (Å²) in [6.45, 7) is 2.06. The number of H-pyrrole nitrogens is 1. The van der Waals surface area contributed by atoms with Crippen LogP contribution < -0.4 is 5.32 Å². The highest BCUT2D eigenvalue weighted by Gasteiger charge is 2.15. The summed E-state index contributed by atoms with van der Waals surface area (Å²) in [6.07, 6.45) is 0.700. The Kier molecular flexibility index (Phi) is 5.76. The van der Waals surface area contributed by atoms with Crippen molar-refractivity contribution in [2.75, 3.05) is 7.05 Å². The molecule has 0 saturated carbocycles. The van der Waals surface area contributed by atoms with E-state index >= 15 is 0 Å². The van der Waals surface area contributed by atoms with E-state index in [9.17, 15) is 0 Å². The van der Waals surface area contributed by atoms with E-state index in [0.29, 0.717) is 28.9 Å². The second-order valence-electron chi connectivity index (χ2n) is 5.06. The van der Waals surface area contributed by atoms with Crippen molar-refractivity contribution in [1.29, 1.82) is 0 Å². The van der Waals surface area contributed by atoms with Crippen molar-refractivity contribution >= 4 is 24.0 Å². The number of hydrogen-bond donors (Lipinski definition) is 2. The van der Waals surface area contributed by atoms with E-state index in [4.69, 9.17) is 16.1 Å². The minimum atomic E-state index is 0. The van der Waals surface area contributed by atoms with Gasteiger partial charge in [-0.15, -0.1) is 12.4 Å². The first-order valence-electron chi connectivity index (χ1n) is 6.98. The second kappa shape index (κ2) is 7.59. The maximum atomic E-state index is 6.18. The molecule has 0 saturated heterocycles. The van der Waals surface area contributed by atoms with Gasteiger partial charge in [0.25, 0.3) is 5.89 Å². The maximum Gasteiger partial charge on any atom is 0.275 e. The smallest absolute Gasteiger partial charge is 0.275 e. The fraction of sp³-hybridized carbons (Fsp3) is 0.267. The van der Waals surface area contributed by atoms with E-state index < -0.39 is 0 Å². The number of aromatic nitrogens is 4. The molecule has 0 aliphatic heterocycles. The van der Waals surface area contributed by atoms with Crippen LogP contribution in [-0.4, -0.2) is 33.4 Å². The standard InChI is InChI=1S/C15H16ClN5O.ClH/c1-9(17-2)7-14-18-15(22-21-14)13-8-12(19-20-13)10-5-3-4-6-11(10)16;/h3-6,8-9,17H,7H2,1-2H3,(H,19,20);1H. The first-order valence-corrected chi connectivity index (χ1v) is 7.35. The number of rotatable bonds is 5. The zero-order chi connectivity index (χ0) is 15.5. The lowest BCUT2D eigenvalue weighted by atomic mass is 10.1. The van der Waals surface area contributed by atoms with E-state index in [1.807, 2.05) is 37.4 Å². The molecule has 23 heavy (non-hydrogen) atoms. The third-order valence-electron chi connectivity index (χ3n) is 3.41. The number of hydrogen-bond acceptors (Lipinski definition) is 5. The highest BCUT2D eigenvalue weighted by atomic mass is 35.5. The molecular weight excluding hydrogens is 337 g/mol. The second-order valence-corrected chi connectivity index (χ2v) is 5.46. The van der Waals surface area contributed by atoms with Crippen LogP contribution >= 0.6 is 24.0 Å². The van der Waals surface area contributed by atoms with Crippen LogP contribution in [0.5, 0.6) is 0 Å². The van der Waals surface area contributed by atoms with Crippen LogP contribution in [0.15, 0.2) is 34.9 Å². The van der Waals surface area contributed by atoms with Crippen LogP contribution in [0.25, 0.3) is 22.8 Å². The van der Waals surface area contributed by atoms with Gasteiger partial charge in [-0.05, 0) is 26.1 Å². The first-order chi connectivity index (χ1) is 10.7. The molecule has 0 spiro atoms. The van der Waals surface area contributed by atoms with Crippen molar-refractivity contribution in [2.45, 2.75) is 19.4 Å². The van der Waals surface area contributed by atoms with Gasteiger partial charge in [-0.3, -0.25) is 5.10 Å². The van der Waals surface area contributed by atoms with Crippen LogP contribution in [0.2, 0.25) is 5.02 Å². The highest BCUT2D eigenvalue weighted by molar-refractivity contribution is 6.33. The number of halogens is 2. The van der Waals surface area contributed by atoms with Crippen LogP contribution in [0.4, 0.5) is 0 Å². The minimum Gasteiger partial charge on any atom is -0.332 e. The zero-order valence-electron chi connectivity index (χ0n) is 12.7. The van der Waals surface area contributed by atoms with Crippen molar-refractivity contribution in [1.82, 2.24) is 25.7 Å². The molecule has 1 unspecified atom stereocenters. The van der Waals surface area contributed by atoms with Gasteiger partial charge in [0.1, 0.15) is 5.69 Å². The summed E-state index contributed by atoms with van der Waals surface area (Å²) >= 11 is 6.18. The molecule has 0 radical (unpaired) electrons. The van der Waals surface area contributed by atoms with E-state index in [0.717, 1.165) is 11.3 Å². The molecule has 6 nitrogen and oxygen atoms in total. The Morgan fingerprint density at radius 2 is 2.13 bits per heavy atom. The molecule has 2 aromatic heterocycles. The van der Waals surface area contributed by atoms with Gasteiger partial charge in [-0.2, -0.15) is 10.1 Å². The first kappa shape index (κ1) is 17.5. The summed E-state index contributed by atoms with van der Waals surface area (Å²) in [5, 5.41) is 14.9. The van der Waals surface area contributed by atoms with Crippen molar-refractivity contribution in [3.63, 3.8) is 0 Å². The number of benzene rings is 1. The van der Waals surface area contributed by atoms with Gasteiger partial charge in [-0.1, -0.05) is 35.0 Å². The van der Waals surface area contributed by atoms with Crippen molar-refractivity contribution in [2.24, 2.45) is 0 Å². The molecule has 2 heterocycles. The topological polar surface area (TPSA) is 79.6 Å². The lowest BCUT2D eigenvalue weighted by Crippen LogP contribution is -2.24. The van der Waals surface area contributed by atoms with Crippen molar-refractivity contribution in [3.8, 4) is 22.8 Å². The molecule has 3 aromatic rings. The van der Waals surface area contributed by atoms with E-state index in [-0.39, 0.29) is 18.4 Å². The molecule has 1 atom stereocenters. The Labute approximate surface area is 145 Å². The van der Waals surface area contributed by atoms with Gasteiger partial charge >= 0.3 is 0 Å². The van der Waals surface area contributed by atoms with Gasteiger partial charge in [0.15, 0.2) is 5.82 Å². The highest BCUT2D eigenvalue weighted by Crippen LogP contribution is 2.28. The molecule has 2 N–H and O–H groups in total. The van der Waals surface area contributed by atoms with Crippen LogP contribution in [0.3, 0.4) is 0 Å². The number of nitrogens with one attached hydrogen (secondary N) is 2. The summed E-state index contributed by atoms with van der Waals surface area (Å²) in [7, 11) is 1.90.